The van der Waals surface area contributed by atoms with Crippen LogP contribution in [0.4, 0.5) is 10.1 Å². The Labute approximate surface area is 142 Å². The Morgan fingerprint density at radius 3 is 2.46 bits per heavy atom. The second-order valence-electron chi connectivity index (χ2n) is 6.42. The van der Waals surface area contributed by atoms with E-state index >= 15 is 0 Å². The van der Waals surface area contributed by atoms with Crippen LogP contribution >= 0.6 is 0 Å². The Morgan fingerprint density at radius 2 is 1.88 bits per heavy atom. The summed E-state index contributed by atoms with van der Waals surface area (Å²) in [6.07, 6.45) is 2.46. The molecule has 0 aromatic heterocycles. The highest BCUT2D eigenvalue weighted by Gasteiger charge is 2.26. The van der Waals surface area contributed by atoms with Crippen molar-refractivity contribution in [2.45, 2.75) is 39.2 Å². The van der Waals surface area contributed by atoms with Gasteiger partial charge in [-0.2, -0.15) is 0 Å². The molecule has 24 heavy (non-hydrogen) atoms. The summed E-state index contributed by atoms with van der Waals surface area (Å²) in [6, 6.07) is 5.92. The number of anilines is 1. The maximum atomic E-state index is 12.8. The number of hydrogen-bond acceptors (Lipinski definition) is 3. The smallest absolute Gasteiger partial charge is 0.238 e. The summed E-state index contributed by atoms with van der Waals surface area (Å²) in [5.41, 5.74) is 0.587. The lowest BCUT2D eigenvalue weighted by atomic mass is 9.95. The predicted octanol–water partition coefficient (Wildman–Crippen LogP) is 2.39. The van der Waals surface area contributed by atoms with Crippen LogP contribution in [0, 0.1) is 11.7 Å². The van der Waals surface area contributed by atoms with Crippen LogP contribution in [0.15, 0.2) is 24.3 Å². The predicted molar refractivity (Wildman–Crippen MR) is 92.1 cm³/mol. The molecule has 1 saturated heterocycles. The first-order valence-electron chi connectivity index (χ1n) is 8.56. The van der Waals surface area contributed by atoms with Gasteiger partial charge < -0.3 is 10.6 Å². The van der Waals surface area contributed by atoms with Gasteiger partial charge >= 0.3 is 0 Å². The molecular weight excluding hydrogens is 309 g/mol. The lowest BCUT2D eigenvalue weighted by Crippen LogP contribution is -2.44. The Morgan fingerprint density at radius 1 is 1.25 bits per heavy atom. The quantitative estimate of drug-likeness (QED) is 0.839. The fourth-order valence-corrected chi connectivity index (χ4v) is 2.75. The second kappa shape index (κ2) is 8.78. The molecule has 1 fully saturated rings. The van der Waals surface area contributed by atoms with Gasteiger partial charge in [-0.25, -0.2) is 4.39 Å². The summed E-state index contributed by atoms with van der Waals surface area (Å²) in [5, 5.41) is 5.78. The van der Waals surface area contributed by atoms with Crippen molar-refractivity contribution in [1.29, 1.82) is 0 Å². The molecule has 0 bridgehead atoms. The molecule has 1 atom stereocenters. The Hall–Kier alpha value is -1.95. The molecule has 1 unspecified atom stereocenters. The van der Waals surface area contributed by atoms with Crippen molar-refractivity contribution < 1.29 is 14.0 Å². The van der Waals surface area contributed by atoms with Crippen LogP contribution in [0.5, 0.6) is 0 Å². The van der Waals surface area contributed by atoms with Crippen molar-refractivity contribution >= 4 is 17.5 Å². The van der Waals surface area contributed by atoms with Gasteiger partial charge in [0.1, 0.15) is 5.82 Å². The number of amides is 2. The van der Waals surface area contributed by atoms with Gasteiger partial charge in [-0.3, -0.25) is 14.5 Å². The van der Waals surface area contributed by atoms with E-state index in [1.165, 1.54) is 12.1 Å². The molecular formula is C18H26FN3O2. The molecule has 2 rings (SSSR count). The molecule has 1 aliphatic rings. The first-order valence-corrected chi connectivity index (χ1v) is 8.56. The maximum absolute atomic E-state index is 12.8. The van der Waals surface area contributed by atoms with Crippen LogP contribution in [-0.4, -0.2) is 42.4 Å². The number of halogens is 1. The van der Waals surface area contributed by atoms with E-state index in [0.717, 1.165) is 32.4 Å². The topological polar surface area (TPSA) is 61.4 Å². The summed E-state index contributed by atoms with van der Waals surface area (Å²) >= 11 is 0. The molecule has 1 aliphatic heterocycles. The van der Waals surface area contributed by atoms with E-state index < -0.39 is 0 Å². The van der Waals surface area contributed by atoms with E-state index in [0.29, 0.717) is 5.69 Å². The number of rotatable bonds is 6. The van der Waals surface area contributed by atoms with E-state index in [1.54, 1.807) is 12.1 Å². The van der Waals surface area contributed by atoms with Crippen molar-refractivity contribution in [3.05, 3.63) is 30.1 Å². The standard InChI is InChI=1S/C18H26FN3O2/c1-3-13(2)20-18(24)14-8-10-22(11-9-14)12-17(23)21-16-6-4-15(19)5-7-16/h4-7,13-14H,3,8-12H2,1-2H3,(H,20,24)(H,21,23). The number of nitrogens with one attached hydrogen (secondary N) is 2. The van der Waals surface area contributed by atoms with Crippen LogP contribution in [0.2, 0.25) is 0 Å². The number of likely N-dealkylation sites (tertiary alicyclic amines) is 1. The molecule has 0 radical (unpaired) electrons. The molecule has 1 heterocycles. The number of benzene rings is 1. The molecule has 0 aliphatic carbocycles. The highest BCUT2D eigenvalue weighted by Crippen LogP contribution is 2.18. The lowest BCUT2D eigenvalue weighted by Gasteiger charge is -2.31. The third kappa shape index (κ3) is 5.60. The Bertz CT molecular complexity index is 554. The van der Waals surface area contributed by atoms with Crippen molar-refractivity contribution in [2.75, 3.05) is 25.0 Å². The van der Waals surface area contributed by atoms with Crippen LogP contribution in [-0.2, 0) is 9.59 Å². The van der Waals surface area contributed by atoms with Gasteiger partial charge in [0.25, 0.3) is 0 Å². The minimum Gasteiger partial charge on any atom is -0.353 e. The van der Waals surface area contributed by atoms with Gasteiger partial charge in [-0.15, -0.1) is 0 Å². The van der Waals surface area contributed by atoms with Gasteiger partial charge in [0, 0.05) is 17.6 Å². The Kier molecular flexibility index (Phi) is 6.73. The molecule has 2 amide bonds. The van der Waals surface area contributed by atoms with Crippen molar-refractivity contribution in [1.82, 2.24) is 10.2 Å². The van der Waals surface area contributed by atoms with E-state index in [2.05, 4.69) is 10.6 Å². The zero-order valence-electron chi connectivity index (χ0n) is 14.3. The van der Waals surface area contributed by atoms with Gasteiger partial charge in [-0.05, 0) is 63.5 Å². The number of carbonyl (C=O) groups is 2. The second-order valence-corrected chi connectivity index (χ2v) is 6.42. The fraction of sp³-hybridized carbons (Fsp3) is 0.556. The summed E-state index contributed by atoms with van der Waals surface area (Å²) < 4.78 is 12.8. The molecule has 1 aromatic rings. The normalized spacial score (nSPS) is 17.3. The van der Waals surface area contributed by atoms with Gasteiger partial charge in [-0.1, -0.05) is 6.92 Å². The number of nitrogens with zero attached hydrogens (tertiary/aromatic N) is 1. The summed E-state index contributed by atoms with van der Waals surface area (Å²) in [6.45, 7) is 5.81. The lowest BCUT2D eigenvalue weighted by molar-refractivity contribution is -0.127. The van der Waals surface area contributed by atoms with Crippen LogP contribution < -0.4 is 10.6 Å². The van der Waals surface area contributed by atoms with E-state index in [-0.39, 0.29) is 36.1 Å². The van der Waals surface area contributed by atoms with Gasteiger partial charge in [0.15, 0.2) is 0 Å². The third-order valence-corrected chi connectivity index (χ3v) is 4.45. The molecule has 5 nitrogen and oxygen atoms in total. The van der Waals surface area contributed by atoms with Crippen LogP contribution in [0.25, 0.3) is 0 Å². The maximum Gasteiger partial charge on any atom is 0.238 e. The average molecular weight is 335 g/mol. The first kappa shape index (κ1) is 18.4. The molecule has 6 heteroatoms. The molecule has 132 valence electrons. The summed E-state index contributed by atoms with van der Waals surface area (Å²) in [5.74, 6) is -0.287. The molecule has 0 spiro atoms. The minimum atomic E-state index is -0.328. The summed E-state index contributed by atoms with van der Waals surface area (Å²) in [4.78, 5) is 26.2. The van der Waals surface area contributed by atoms with Gasteiger partial charge in [0.05, 0.1) is 6.54 Å². The number of carbonyl (C=O) groups excluding carboxylic acids is 2. The monoisotopic (exact) mass is 335 g/mol. The fourth-order valence-electron chi connectivity index (χ4n) is 2.75. The van der Waals surface area contributed by atoms with Gasteiger partial charge in [0.2, 0.25) is 11.8 Å². The van der Waals surface area contributed by atoms with Crippen molar-refractivity contribution in [2.24, 2.45) is 5.92 Å². The highest BCUT2D eigenvalue weighted by molar-refractivity contribution is 5.92. The third-order valence-electron chi connectivity index (χ3n) is 4.45. The van der Waals surface area contributed by atoms with E-state index in [4.69, 9.17) is 0 Å². The average Bonchev–Trinajstić information content (AvgIpc) is 2.57. The van der Waals surface area contributed by atoms with Crippen LogP contribution in [0.1, 0.15) is 33.1 Å². The minimum absolute atomic E-state index is 0.0374. The Balaban J connectivity index is 1.73. The van der Waals surface area contributed by atoms with Crippen molar-refractivity contribution in [3.63, 3.8) is 0 Å². The molecule has 0 saturated carbocycles. The zero-order chi connectivity index (χ0) is 17.5. The van der Waals surface area contributed by atoms with Crippen molar-refractivity contribution in [3.8, 4) is 0 Å². The largest absolute Gasteiger partial charge is 0.353 e. The summed E-state index contributed by atoms with van der Waals surface area (Å²) in [7, 11) is 0. The SMILES string of the molecule is CCC(C)NC(=O)C1CCN(CC(=O)Nc2ccc(F)cc2)CC1. The molecule has 2 N–H and O–H groups in total. The molecule has 1 aromatic carbocycles. The van der Waals surface area contributed by atoms with E-state index in [9.17, 15) is 14.0 Å². The van der Waals surface area contributed by atoms with E-state index in [1.807, 2.05) is 18.7 Å². The number of hydrogen-bond donors (Lipinski definition) is 2. The van der Waals surface area contributed by atoms with Crippen LogP contribution in [0.3, 0.4) is 0 Å². The highest BCUT2D eigenvalue weighted by atomic mass is 19.1. The zero-order valence-corrected chi connectivity index (χ0v) is 14.3. The first-order chi connectivity index (χ1) is 11.5. The number of piperidine rings is 1.